The lowest BCUT2D eigenvalue weighted by Gasteiger charge is -2.19. The van der Waals surface area contributed by atoms with Gasteiger partial charge in [0.25, 0.3) is 0 Å². The van der Waals surface area contributed by atoms with Gasteiger partial charge in [-0.1, -0.05) is 51.1 Å². The first-order valence-corrected chi connectivity index (χ1v) is 11.5. The Hall–Kier alpha value is -4.39. The average Bonchev–Trinajstić information content (AvgIpc) is 3.29. The highest BCUT2D eigenvalue weighted by Gasteiger charge is 2.31. The Balaban J connectivity index is 1.72. The molecule has 0 saturated heterocycles. The van der Waals surface area contributed by atoms with Gasteiger partial charge >= 0.3 is 11.9 Å². The second-order valence-corrected chi connectivity index (χ2v) is 9.20. The van der Waals surface area contributed by atoms with Crippen LogP contribution in [-0.4, -0.2) is 35.9 Å². The van der Waals surface area contributed by atoms with Crippen molar-refractivity contribution >= 4 is 11.9 Å². The quantitative estimate of drug-likeness (QED) is 0.303. The van der Waals surface area contributed by atoms with E-state index in [9.17, 15) is 9.59 Å². The Bertz CT molecular complexity index is 1370. The molecule has 0 unspecified atom stereocenters. The van der Waals surface area contributed by atoms with Gasteiger partial charge in [0.05, 0.1) is 19.9 Å². The van der Waals surface area contributed by atoms with Crippen LogP contribution in [0.4, 0.5) is 0 Å². The summed E-state index contributed by atoms with van der Waals surface area (Å²) in [5, 5.41) is 4.61. The molecule has 0 N–H and O–H groups in total. The number of para-hydroxylation sites is 1. The molecule has 3 aromatic carbocycles. The number of aromatic nitrogens is 2. The number of nitrogens with zero attached hydrogens (tertiary/aromatic N) is 2. The molecular weight excluding hydrogens is 456 g/mol. The summed E-state index contributed by atoms with van der Waals surface area (Å²) in [6.07, 6.45) is 0. The van der Waals surface area contributed by atoms with Crippen LogP contribution in [0.3, 0.4) is 0 Å². The molecule has 1 aromatic heterocycles. The number of rotatable bonds is 6. The minimum atomic E-state index is -0.698. The Morgan fingerprint density at radius 2 is 1.31 bits per heavy atom. The van der Waals surface area contributed by atoms with Gasteiger partial charge in [0.2, 0.25) is 0 Å². The van der Waals surface area contributed by atoms with E-state index < -0.39 is 11.9 Å². The number of ether oxygens (including phenoxy) is 3. The van der Waals surface area contributed by atoms with Gasteiger partial charge in [-0.15, -0.1) is 0 Å². The monoisotopic (exact) mass is 484 g/mol. The van der Waals surface area contributed by atoms with Crippen LogP contribution in [0.5, 0.6) is 11.5 Å². The predicted octanol–water partition coefficient (Wildman–Crippen LogP) is 6.20. The van der Waals surface area contributed by atoms with Gasteiger partial charge < -0.3 is 14.2 Å². The molecular formula is C29H28N2O5. The Morgan fingerprint density at radius 1 is 0.750 bits per heavy atom. The summed E-state index contributed by atoms with van der Waals surface area (Å²) >= 11 is 0. The molecule has 184 valence electrons. The van der Waals surface area contributed by atoms with Crippen molar-refractivity contribution < 1.29 is 23.8 Å². The molecule has 0 aliphatic rings. The second kappa shape index (κ2) is 10.1. The molecule has 4 rings (SSSR count). The van der Waals surface area contributed by atoms with Crippen LogP contribution in [-0.2, 0) is 14.9 Å². The fraction of sp³-hybridized carbons (Fsp3) is 0.207. The zero-order valence-electron chi connectivity index (χ0n) is 20.9. The number of benzene rings is 3. The van der Waals surface area contributed by atoms with Crippen molar-refractivity contribution in [2.45, 2.75) is 26.2 Å². The largest absolute Gasteiger partial charge is 0.465 e. The zero-order chi connectivity index (χ0) is 25.9. The molecule has 0 aliphatic heterocycles. The number of esters is 2. The SMILES string of the molecule is COC(=O)c1c(-c2ccc(Oc3ccc(C(C)(C)C)cc3)cc2)nn(-c2ccccc2)c1C(=O)OC. The van der Waals surface area contributed by atoms with Gasteiger partial charge in [-0.3, -0.25) is 0 Å². The summed E-state index contributed by atoms with van der Waals surface area (Å²) in [5.74, 6) is -0.0478. The van der Waals surface area contributed by atoms with Crippen molar-refractivity contribution in [3.63, 3.8) is 0 Å². The zero-order valence-corrected chi connectivity index (χ0v) is 20.9. The van der Waals surface area contributed by atoms with Crippen LogP contribution in [0, 0.1) is 0 Å². The molecule has 0 saturated carbocycles. The number of hydrogen-bond acceptors (Lipinski definition) is 6. The minimum absolute atomic E-state index is 0.00943. The van der Waals surface area contributed by atoms with E-state index in [0.717, 1.165) is 0 Å². The highest BCUT2D eigenvalue weighted by molar-refractivity contribution is 6.06. The molecule has 7 heteroatoms. The van der Waals surface area contributed by atoms with Gasteiger partial charge in [0.15, 0.2) is 5.69 Å². The van der Waals surface area contributed by atoms with Crippen molar-refractivity contribution in [1.82, 2.24) is 9.78 Å². The molecule has 1 heterocycles. The molecule has 0 radical (unpaired) electrons. The highest BCUT2D eigenvalue weighted by Crippen LogP contribution is 2.32. The molecule has 0 atom stereocenters. The number of hydrogen-bond donors (Lipinski definition) is 0. The smallest absolute Gasteiger partial charge is 0.357 e. The summed E-state index contributed by atoms with van der Waals surface area (Å²) in [4.78, 5) is 25.5. The van der Waals surface area contributed by atoms with E-state index in [2.05, 4.69) is 38.0 Å². The Labute approximate surface area is 210 Å². The van der Waals surface area contributed by atoms with Gasteiger partial charge in [-0.05, 0) is 59.5 Å². The summed E-state index contributed by atoms with van der Waals surface area (Å²) in [5.41, 5.74) is 2.82. The van der Waals surface area contributed by atoms with Gasteiger partial charge in [-0.25, -0.2) is 14.3 Å². The van der Waals surface area contributed by atoms with Crippen LogP contribution in [0.1, 0.15) is 47.2 Å². The predicted molar refractivity (Wildman–Crippen MR) is 137 cm³/mol. The van der Waals surface area contributed by atoms with Crippen LogP contribution in [0.2, 0.25) is 0 Å². The van der Waals surface area contributed by atoms with Crippen LogP contribution in [0.25, 0.3) is 16.9 Å². The Morgan fingerprint density at radius 3 is 1.83 bits per heavy atom. The van der Waals surface area contributed by atoms with E-state index in [4.69, 9.17) is 14.2 Å². The molecule has 7 nitrogen and oxygen atoms in total. The van der Waals surface area contributed by atoms with E-state index >= 15 is 0 Å². The maximum absolute atomic E-state index is 12.8. The molecule has 0 spiro atoms. The molecule has 0 bridgehead atoms. The van der Waals surface area contributed by atoms with E-state index in [1.165, 1.54) is 24.5 Å². The van der Waals surface area contributed by atoms with Crippen LogP contribution in [0.15, 0.2) is 78.9 Å². The van der Waals surface area contributed by atoms with Crippen LogP contribution >= 0.6 is 0 Å². The van der Waals surface area contributed by atoms with Crippen molar-refractivity contribution in [3.8, 4) is 28.4 Å². The maximum atomic E-state index is 12.8. The number of methoxy groups -OCH3 is 2. The van der Waals surface area contributed by atoms with Crippen molar-refractivity contribution in [2.24, 2.45) is 0 Å². The highest BCUT2D eigenvalue weighted by atomic mass is 16.5. The summed E-state index contributed by atoms with van der Waals surface area (Å²) in [7, 11) is 2.51. The summed E-state index contributed by atoms with van der Waals surface area (Å²) in [6, 6.07) is 24.2. The van der Waals surface area contributed by atoms with Crippen molar-refractivity contribution in [2.75, 3.05) is 14.2 Å². The van der Waals surface area contributed by atoms with E-state index in [1.54, 1.807) is 36.4 Å². The number of carbonyl (C=O) groups is 2. The average molecular weight is 485 g/mol. The number of carbonyl (C=O) groups excluding carboxylic acids is 2. The fourth-order valence-electron chi connectivity index (χ4n) is 3.80. The second-order valence-electron chi connectivity index (χ2n) is 9.20. The summed E-state index contributed by atoms with van der Waals surface area (Å²) < 4.78 is 17.4. The standard InChI is InChI=1S/C29H28N2O5/c1-29(2,3)20-13-17-23(18-14-20)36-22-15-11-19(12-16-22)25-24(27(32)34-4)26(28(33)35-5)31(30-25)21-9-7-6-8-10-21/h6-18H,1-5H3. The third-order valence-corrected chi connectivity index (χ3v) is 5.74. The van der Waals surface area contributed by atoms with Gasteiger partial charge in [0, 0.05) is 5.56 Å². The summed E-state index contributed by atoms with van der Waals surface area (Å²) in [6.45, 7) is 6.48. The molecule has 4 aromatic rings. The third kappa shape index (κ3) is 5.00. The minimum Gasteiger partial charge on any atom is -0.465 e. The first-order valence-electron chi connectivity index (χ1n) is 11.5. The molecule has 0 amide bonds. The molecule has 0 fully saturated rings. The first-order chi connectivity index (χ1) is 17.2. The Kier molecular flexibility index (Phi) is 6.92. The van der Waals surface area contributed by atoms with Gasteiger partial charge in [0.1, 0.15) is 22.8 Å². The fourth-order valence-corrected chi connectivity index (χ4v) is 3.80. The lowest BCUT2D eigenvalue weighted by Crippen LogP contribution is -2.15. The molecule has 36 heavy (non-hydrogen) atoms. The van der Waals surface area contributed by atoms with Crippen molar-refractivity contribution in [3.05, 3.63) is 95.7 Å². The van der Waals surface area contributed by atoms with E-state index in [0.29, 0.717) is 28.4 Å². The van der Waals surface area contributed by atoms with Crippen LogP contribution < -0.4 is 4.74 Å². The normalized spacial score (nSPS) is 11.1. The lowest BCUT2D eigenvalue weighted by atomic mass is 9.87. The van der Waals surface area contributed by atoms with E-state index in [1.807, 2.05) is 30.3 Å². The third-order valence-electron chi connectivity index (χ3n) is 5.74. The van der Waals surface area contributed by atoms with E-state index in [-0.39, 0.29) is 16.7 Å². The van der Waals surface area contributed by atoms with Gasteiger partial charge in [-0.2, -0.15) is 5.10 Å². The maximum Gasteiger partial charge on any atom is 0.357 e. The topological polar surface area (TPSA) is 79.7 Å². The molecule has 0 aliphatic carbocycles. The lowest BCUT2D eigenvalue weighted by molar-refractivity contribution is 0.0549. The van der Waals surface area contributed by atoms with Crippen molar-refractivity contribution in [1.29, 1.82) is 0 Å². The first kappa shape index (κ1) is 24.7.